The number of carboxylic acid groups (broad SMARTS) is 1. The Morgan fingerprint density at radius 2 is 2.00 bits per heavy atom. The van der Waals surface area contributed by atoms with Crippen molar-refractivity contribution in [3.05, 3.63) is 29.8 Å². The molecule has 1 aromatic carbocycles. The monoisotopic (exact) mass is 337 g/mol. The smallest absolute Gasteiger partial charge is 0.405 e. The van der Waals surface area contributed by atoms with Gasteiger partial charge in [0.05, 0.1) is 6.04 Å². The lowest BCUT2D eigenvalue weighted by Crippen LogP contribution is -2.53. The van der Waals surface area contributed by atoms with Gasteiger partial charge in [0.25, 0.3) is 0 Å². The van der Waals surface area contributed by atoms with Gasteiger partial charge >= 0.3 is 6.09 Å². The summed E-state index contributed by atoms with van der Waals surface area (Å²) in [6.45, 7) is 3.42. The average molecular weight is 337 g/mol. The molecule has 1 heterocycles. The van der Waals surface area contributed by atoms with Crippen molar-refractivity contribution in [2.24, 2.45) is 5.92 Å². The Kier molecular flexibility index (Phi) is 5.63. The summed E-state index contributed by atoms with van der Waals surface area (Å²) in [5, 5.41) is 21.2. The van der Waals surface area contributed by atoms with Crippen LogP contribution >= 0.6 is 0 Å². The van der Waals surface area contributed by atoms with Crippen LogP contribution in [0.5, 0.6) is 0 Å². The van der Waals surface area contributed by atoms with Crippen molar-refractivity contribution in [2.75, 3.05) is 12.5 Å². The van der Waals surface area contributed by atoms with Crippen molar-refractivity contribution in [1.82, 2.24) is 10.2 Å². The van der Waals surface area contributed by atoms with Crippen LogP contribution in [-0.2, 0) is 16.0 Å². The van der Waals surface area contributed by atoms with Gasteiger partial charge in [-0.05, 0) is 30.0 Å². The van der Waals surface area contributed by atoms with Crippen LogP contribution in [0.4, 0.5) is 10.5 Å². The van der Waals surface area contributed by atoms with Crippen molar-refractivity contribution < 1.29 is 24.5 Å². The van der Waals surface area contributed by atoms with Gasteiger partial charge in [-0.25, -0.2) is 4.79 Å². The molecular weight excluding hydrogens is 314 g/mol. The van der Waals surface area contributed by atoms with E-state index in [9.17, 15) is 14.7 Å². The lowest BCUT2D eigenvalue weighted by Gasteiger charge is -2.29. The number of ether oxygens (including phenoxy) is 1. The predicted octanol–water partition coefficient (Wildman–Crippen LogP) is 0.607. The normalized spacial score (nSPS) is 21.8. The van der Waals surface area contributed by atoms with Crippen LogP contribution in [-0.4, -0.2) is 52.2 Å². The Hall–Kier alpha value is -2.32. The molecule has 0 aromatic heterocycles. The summed E-state index contributed by atoms with van der Waals surface area (Å²) < 4.78 is 5.19. The third kappa shape index (κ3) is 4.15. The van der Waals surface area contributed by atoms with Crippen molar-refractivity contribution in [3.63, 3.8) is 0 Å². The molecule has 24 heavy (non-hydrogen) atoms. The SMILES string of the molecule is CC(C)C(NC(=O)O)C(=O)N1COC(O)C1Cc1ccc(N)cc1. The highest BCUT2D eigenvalue weighted by atomic mass is 16.6. The quantitative estimate of drug-likeness (QED) is 0.583. The van der Waals surface area contributed by atoms with Gasteiger partial charge in [0.2, 0.25) is 5.91 Å². The Morgan fingerprint density at radius 1 is 1.38 bits per heavy atom. The molecule has 0 spiro atoms. The van der Waals surface area contributed by atoms with Crippen LogP contribution in [0.3, 0.4) is 0 Å². The summed E-state index contributed by atoms with van der Waals surface area (Å²) in [7, 11) is 0. The Balaban J connectivity index is 2.15. The molecule has 3 unspecified atom stereocenters. The fourth-order valence-electron chi connectivity index (χ4n) is 2.68. The maximum Gasteiger partial charge on any atom is 0.405 e. The second-order valence-electron chi connectivity index (χ2n) is 6.18. The highest BCUT2D eigenvalue weighted by molar-refractivity contribution is 5.86. The minimum Gasteiger partial charge on any atom is -0.465 e. The second kappa shape index (κ2) is 7.50. The summed E-state index contributed by atoms with van der Waals surface area (Å²) in [5.74, 6) is -0.645. The van der Waals surface area contributed by atoms with Crippen molar-refractivity contribution in [1.29, 1.82) is 0 Å². The van der Waals surface area contributed by atoms with E-state index in [0.29, 0.717) is 12.1 Å². The van der Waals surface area contributed by atoms with Crippen LogP contribution in [0.25, 0.3) is 0 Å². The molecule has 3 atom stereocenters. The molecule has 1 saturated heterocycles. The van der Waals surface area contributed by atoms with Gasteiger partial charge < -0.3 is 30.9 Å². The summed E-state index contributed by atoms with van der Waals surface area (Å²) in [6.07, 6.45) is -2.01. The molecule has 0 bridgehead atoms. The molecule has 0 aliphatic carbocycles. The maximum absolute atomic E-state index is 12.7. The number of hydrogen-bond acceptors (Lipinski definition) is 5. The zero-order chi connectivity index (χ0) is 17.9. The first-order valence-corrected chi connectivity index (χ1v) is 7.73. The van der Waals surface area contributed by atoms with E-state index in [2.05, 4.69) is 5.32 Å². The van der Waals surface area contributed by atoms with Crippen LogP contribution in [0.15, 0.2) is 24.3 Å². The molecule has 2 rings (SSSR count). The predicted molar refractivity (Wildman–Crippen MR) is 86.9 cm³/mol. The molecule has 8 heteroatoms. The topological polar surface area (TPSA) is 125 Å². The highest BCUT2D eigenvalue weighted by Crippen LogP contribution is 2.22. The maximum atomic E-state index is 12.7. The van der Waals surface area contributed by atoms with E-state index in [0.717, 1.165) is 5.56 Å². The molecule has 0 radical (unpaired) electrons. The molecule has 8 nitrogen and oxygen atoms in total. The lowest BCUT2D eigenvalue weighted by molar-refractivity contribution is -0.136. The van der Waals surface area contributed by atoms with E-state index in [4.69, 9.17) is 15.6 Å². The molecule has 5 N–H and O–H groups in total. The summed E-state index contributed by atoms with van der Waals surface area (Å²) in [5.41, 5.74) is 7.17. The first-order chi connectivity index (χ1) is 11.3. The van der Waals surface area contributed by atoms with Gasteiger partial charge in [-0.2, -0.15) is 0 Å². The minimum absolute atomic E-state index is 0.0792. The average Bonchev–Trinajstić information content (AvgIpc) is 2.87. The fourth-order valence-corrected chi connectivity index (χ4v) is 2.68. The highest BCUT2D eigenvalue weighted by Gasteiger charge is 2.40. The number of hydrogen-bond donors (Lipinski definition) is 4. The standard InChI is InChI=1S/C16H23N3O5/c1-9(2)13(18-16(22)23)14(20)19-8-24-15(21)12(19)7-10-3-5-11(17)6-4-10/h3-6,9,12-13,15,18,21H,7-8,17H2,1-2H3,(H,22,23). The number of aliphatic hydroxyl groups excluding tert-OH is 1. The van der Waals surface area contributed by atoms with Crippen molar-refractivity contribution >= 4 is 17.7 Å². The largest absolute Gasteiger partial charge is 0.465 e. The number of carbonyl (C=O) groups excluding carboxylic acids is 1. The van der Waals surface area contributed by atoms with E-state index >= 15 is 0 Å². The number of aliphatic hydroxyl groups is 1. The number of amides is 2. The van der Waals surface area contributed by atoms with E-state index in [1.54, 1.807) is 26.0 Å². The molecule has 1 aromatic rings. The van der Waals surface area contributed by atoms with Gasteiger partial charge in [0.15, 0.2) is 6.29 Å². The first-order valence-electron chi connectivity index (χ1n) is 7.73. The first kappa shape index (κ1) is 18.0. The van der Waals surface area contributed by atoms with E-state index in [-0.39, 0.29) is 12.6 Å². The van der Waals surface area contributed by atoms with Gasteiger partial charge in [-0.3, -0.25) is 4.79 Å². The summed E-state index contributed by atoms with van der Waals surface area (Å²) in [6, 6.07) is 5.64. The molecule has 1 aliphatic rings. The van der Waals surface area contributed by atoms with E-state index in [1.807, 2.05) is 12.1 Å². The van der Waals surface area contributed by atoms with Crippen LogP contribution in [0, 0.1) is 5.92 Å². The van der Waals surface area contributed by atoms with Gasteiger partial charge in [-0.15, -0.1) is 0 Å². The Morgan fingerprint density at radius 3 is 2.54 bits per heavy atom. The number of rotatable bonds is 5. The van der Waals surface area contributed by atoms with Crippen LogP contribution < -0.4 is 11.1 Å². The number of nitrogens with one attached hydrogen (secondary N) is 1. The van der Waals surface area contributed by atoms with Gasteiger partial charge in [0.1, 0.15) is 12.8 Å². The fraction of sp³-hybridized carbons (Fsp3) is 0.500. The molecule has 1 aliphatic heterocycles. The van der Waals surface area contributed by atoms with Crippen LogP contribution in [0.1, 0.15) is 19.4 Å². The van der Waals surface area contributed by atoms with Gasteiger partial charge in [-0.1, -0.05) is 26.0 Å². The second-order valence-corrected chi connectivity index (χ2v) is 6.18. The van der Waals surface area contributed by atoms with E-state index in [1.165, 1.54) is 4.90 Å². The Bertz CT molecular complexity index is 590. The Labute approximate surface area is 140 Å². The number of nitrogens with zero attached hydrogens (tertiary/aromatic N) is 1. The minimum atomic E-state index is -1.27. The summed E-state index contributed by atoms with van der Waals surface area (Å²) >= 11 is 0. The zero-order valence-corrected chi connectivity index (χ0v) is 13.7. The number of nitrogen functional groups attached to an aromatic ring is 1. The van der Waals surface area contributed by atoms with Crippen molar-refractivity contribution in [2.45, 2.75) is 38.6 Å². The number of benzene rings is 1. The molecule has 2 amide bonds. The summed E-state index contributed by atoms with van der Waals surface area (Å²) in [4.78, 5) is 25.0. The zero-order valence-electron chi connectivity index (χ0n) is 13.7. The molecule has 0 saturated carbocycles. The molecule has 132 valence electrons. The molecular formula is C16H23N3O5. The number of nitrogens with two attached hydrogens (primary N) is 1. The van der Waals surface area contributed by atoms with Gasteiger partial charge in [0, 0.05) is 5.69 Å². The number of carbonyl (C=O) groups is 2. The third-order valence-electron chi connectivity index (χ3n) is 4.03. The van der Waals surface area contributed by atoms with Crippen molar-refractivity contribution in [3.8, 4) is 0 Å². The molecule has 1 fully saturated rings. The number of anilines is 1. The van der Waals surface area contributed by atoms with Crippen LogP contribution in [0.2, 0.25) is 0 Å². The van der Waals surface area contributed by atoms with E-state index < -0.39 is 30.4 Å². The third-order valence-corrected chi connectivity index (χ3v) is 4.03. The lowest BCUT2D eigenvalue weighted by atomic mass is 10.00.